The van der Waals surface area contributed by atoms with E-state index in [4.69, 9.17) is 4.74 Å². The molecule has 0 atom stereocenters. The number of carbonyl (C=O) groups is 2. The number of carbonyl (C=O) groups excluding carboxylic acids is 2. The van der Waals surface area contributed by atoms with E-state index in [1.54, 1.807) is 23.6 Å². The van der Waals surface area contributed by atoms with Crippen LogP contribution in [0.15, 0.2) is 53.2 Å². The average molecular weight is 633 g/mol. The number of amides is 3. The van der Waals surface area contributed by atoms with Crippen LogP contribution < -0.4 is 20.3 Å². The molecule has 1 aliphatic heterocycles. The minimum Gasteiger partial charge on any atom is -0.467 e. The number of ether oxygens (including phenoxy) is 1. The second-order valence-corrected chi connectivity index (χ2v) is 9.44. The summed E-state index contributed by atoms with van der Waals surface area (Å²) in [5.41, 5.74) is 2.90. The SMILES string of the molecule is COc1nc(-c2cc(NC(=O)c3ccsc3)ccc2CI)c2c(n1)N(c1c(F)cccc1F)C(=O)NC2. The molecule has 2 aromatic carbocycles. The Kier molecular flexibility index (Phi) is 7.02. The van der Waals surface area contributed by atoms with Gasteiger partial charge in [-0.2, -0.15) is 21.3 Å². The van der Waals surface area contributed by atoms with Crippen molar-refractivity contribution in [2.24, 2.45) is 0 Å². The van der Waals surface area contributed by atoms with E-state index in [9.17, 15) is 18.4 Å². The average Bonchev–Trinajstić information content (AvgIpc) is 3.44. The fourth-order valence-electron chi connectivity index (χ4n) is 3.95. The number of nitrogens with zero attached hydrogens (tertiary/aromatic N) is 3. The third-order valence-electron chi connectivity index (χ3n) is 5.69. The lowest BCUT2D eigenvalue weighted by Gasteiger charge is -2.30. The fraction of sp³-hybridized carbons (Fsp3) is 0.120. The van der Waals surface area contributed by atoms with Gasteiger partial charge in [-0.3, -0.25) is 4.79 Å². The van der Waals surface area contributed by atoms with Gasteiger partial charge in [-0.15, -0.1) is 0 Å². The van der Waals surface area contributed by atoms with Crippen molar-refractivity contribution in [3.05, 3.63) is 81.5 Å². The Labute approximate surface area is 227 Å². The van der Waals surface area contributed by atoms with E-state index in [0.29, 0.717) is 32.5 Å². The van der Waals surface area contributed by atoms with Crippen LogP contribution >= 0.6 is 33.9 Å². The Morgan fingerprint density at radius 3 is 2.68 bits per heavy atom. The second-order valence-electron chi connectivity index (χ2n) is 7.90. The third-order valence-corrected chi connectivity index (χ3v) is 7.19. The molecule has 8 nitrogen and oxygen atoms in total. The molecule has 0 unspecified atom stereocenters. The van der Waals surface area contributed by atoms with Crippen molar-refractivity contribution in [2.45, 2.75) is 11.0 Å². The van der Waals surface area contributed by atoms with E-state index in [2.05, 4.69) is 43.2 Å². The highest BCUT2D eigenvalue weighted by atomic mass is 127. The third kappa shape index (κ3) is 4.73. The van der Waals surface area contributed by atoms with Crippen LogP contribution in [0.1, 0.15) is 21.5 Å². The summed E-state index contributed by atoms with van der Waals surface area (Å²) in [6.45, 7) is 0.0201. The molecule has 3 heterocycles. The van der Waals surface area contributed by atoms with Gasteiger partial charge in [-0.05, 0) is 41.3 Å². The van der Waals surface area contributed by atoms with Crippen molar-refractivity contribution < 1.29 is 23.1 Å². The molecule has 0 fully saturated rings. The van der Waals surface area contributed by atoms with Crippen molar-refractivity contribution in [3.63, 3.8) is 0 Å². The maximum absolute atomic E-state index is 14.7. The first-order valence-corrected chi connectivity index (χ1v) is 13.4. The molecule has 1 aliphatic rings. The predicted octanol–water partition coefficient (Wildman–Crippen LogP) is 6.04. The first-order chi connectivity index (χ1) is 17.9. The molecule has 2 N–H and O–H groups in total. The van der Waals surface area contributed by atoms with Crippen LogP contribution in [0.5, 0.6) is 6.01 Å². The Balaban J connectivity index is 1.67. The summed E-state index contributed by atoms with van der Waals surface area (Å²) in [5, 5.41) is 9.10. The number of thiophene rings is 1. The topological polar surface area (TPSA) is 96.4 Å². The van der Waals surface area contributed by atoms with E-state index in [1.807, 2.05) is 11.4 Å². The van der Waals surface area contributed by atoms with E-state index in [-0.39, 0.29) is 24.3 Å². The normalized spacial score (nSPS) is 12.6. The van der Waals surface area contributed by atoms with Gasteiger partial charge in [0.2, 0.25) is 0 Å². The van der Waals surface area contributed by atoms with Gasteiger partial charge >= 0.3 is 12.0 Å². The summed E-state index contributed by atoms with van der Waals surface area (Å²) < 4.78 is 35.4. The maximum atomic E-state index is 14.7. The van der Waals surface area contributed by atoms with Gasteiger partial charge in [-0.25, -0.2) is 18.5 Å². The number of fused-ring (bicyclic) bond motifs is 1. The lowest BCUT2D eigenvalue weighted by molar-refractivity contribution is 0.102. The van der Waals surface area contributed by atoms with Crippen molar-refractivity contribution >= 4 is 63.1 Å². The number of urea groups is 1. The summed E-state index contributed by atoms with van der Waals surface area (Å²) in [6, 6.07) is 9.66. The molecular formula is C25H18F2IN5O3S. The van der Waals surface area contributed by atoms with Gasteiger partial charge in [0.25, 0.3) is 5.91 Å². The number of nitrogens with one attached hydrogen (secondary N) is 2. The summed E-state index contributed by atoms with van der Waals surface area (Å²) in [7, 11) is 1.36. The molecule has 4 aromatic rings. The molecule has 188 valence electrons. The van der Waals surface area contributed by atoms with E-state index in [0.717, 1.165) is 22.6 Å². The highest BCUT2D eigenvalue weighted by molar-refractivity contribution is 14.1. The largest absolute Gasteiger partial charge is 0.467 e. The Bertz CT molecular complexity index is 1500. The molecule has 0 aliphatic carbocycles. The smallest absolute Gasteiger partial charge is 0.328 e. The van der Waals surface area contributed by atoms with Gasteiger partial charge in [0.15, 0.2) is 5.82 Å². The molecule has 5 rings (SSSR count). The molecule has 0 radical (unpaired) electrons. The van der Waals surface area contributed by atoms with Crippen LogP contribution in [0.25, 0.3) is 11.3 Å². The number of methoxy groups -OCH3 is 1. The maximum Gasteiger partial charge on any atom is 0.328 e. The number of hydrogen-bond donors (Lipinski definition) is 2. The lowest BCUT2D eigenvalue weighted by Crippen LogP contribution is -2.43. The standard InChI is InChI=1S/C25H18F2IN5O3S/c1-36-24-31-20(16-9-15(6-5-13(16)10-28)30-23(34)14-7-8-37-12-14)17-11-29-25(35)33(22(17)32-24)21-18(26)3-2-4-19(21)27/h2-9,12H,10-11H2,1H3,(H,29,35)(H,30,34). The Morgan fingerprint density at radius 2 is 2.00 bits per heavy atom. The number of rotatable bonds is 6. The van der Waals surface area contributed by atoms with Crippen LogP contribution in [0.2, 0.25) is 0 Å². The zero-order chi connectivity index (χ0) is 26.1. The van der Waals surface area contributed by atoms with E-state index >= 15 is 0 Å². The van der Waals surface area contributed by atoms with Gasteiger partial charge < -0.3 is 15.4 Å². The number of para-hydroxylation sites is 1. The molecule has 37 heavy (non-hydrogen) atoms. The quantitative estimate of drug-likeness (QED) is 0.200. The molecule has 0 bridgehead atoms. The number of anilines is 3. The molecular weight excluding hydrogens is 615 g/mol. The van der Waals surface area contributed by atoms with Crippen LogP contribution in [-0.2, 0) is 11.0 Å². The molecule has 0 spiro atoms. The van der Waals surface area contributed by atoms with Crippen LogP contribution in [0.4, 0.5) is 30.8 Å². The van der Waals surface area contributed by atoms with Crippen LogP contribution in [0, 0.1) is 11.6 Å². The second kappa shape index (κ2) is 10.4. The highest BCUT2D eigenvalue weighted by Crippen LogP contribution is 2.40. The predicted molar refractivity (Wildman–Crippen MR) is 145 cm³/mol. The van der Waals surface area contributed by atoms with Crippen LogP contribution in [-0.4, -0.2) is 29.0 Å². The molecule has 2 aromatic heterocycles. The molecule has 0 saturated heterocycles. The molecule has 3 amide bonds. The highest BCUT2D eigenvalue weighted by Gasteiger charge is 2.34. The number of hydrogen-bond acceptors (Lipinski definition) is 6. The summed E-state index contributed by atoms with van der Waals surface area (Å²) in [5.74, 6) is -2.10. The summed E-state index contributed by atoms with van der Waals surface area (Å²) in [6.07, 6.45) is 0. The first kappa shape index (κ1) is 25.0. The monoisotopic (exact) mass is 633 g/mol. The number of alkyl halides is 1. The number of benzene rings is 2. The Morgan fingerprint density at radius 1 is 1.22 bits per heavy atom. The van der Waals surface area contributed by atoms with Crippen LogP contribution in [0.3, 0.4) is 0 Å². The van der Waals surface area contributed by atoms with Gasteiger partial charge in [0.1, 0.15) is 17.3 Å². The summed E-state index contributed by atoms with van der Waals surface area (Å²) >= 11 is 3.63. The zero-order valence-corrected chi connectivity index (χ0v) is 22.2. The molecule has 0 saturated carbocycles. The lowest BCUT2D eigenvalue weighted by atomic mass is 9.99. The molecule has 12 heteroatoms. The van der Waals surface area contributed by atoms with Crippen molar-refractivity contribution in [3.8, 4) is 17.3 Å². The minimum atomic E-state index is -0.923. The Hall–Kier alpha value is -3.65. The number of halogens is 3. The van der Waals surface area contributed by atoms with E-state index in [1.165, 1.54) is 24.5 Å². The van der Waals surface area contributed by atoms with Crippen molar-refractivity contribution in [1.82, 2.24) is 15.3 Å². The zero-order valence-electron chi connectivity index (χ0n) is 19.2. The van der Waals surface area contributed by atoms with E-state index < -0.39 is 23.4 Å². The fourth-order valence-corrected chi connectivity index (χ4v) is 5.25. The summed E-state index contributed by atoms with van der Waals surface area (Å²) in [4.78, 5) is 35.2. The van der Waals surface area contributed by atoms with Gasteiger partial charge in [0, 0.05) is 26.6 Å². The van der Waals surface area contributed by atoms with Gasteiger partial charge in [0.05, 0.1) is 24.9 Å². The van der Waals surface area contributed by atoms with Crippen molar-refractivity contribution in [1.29, 1.82) is 0 Å². The number of aromatic nitrogens is 2. The minimum absolute atomic E-state index is 0.00159. The van der Waals surface area contributed by atoms with Gasteiger partial charge in [-0.1, -0.05) is 34.7 Å². The first-order valence-electron chi connectivity index (χ1n) is 10.9. The van der Waals surface area contributed by atoms with Crippen molar-refractivity contribution in [2.75, 3.05) is 17.3 Å².